The molecule has 0 unspecified atom stereocenters. The molecule has 4 rings (SSSR count). The third-order valence-corrected chi connectivity index (χ3v) is 5.52. The molecule has 184 valence electrons. The lowest BCUT2D eigenvalue weighted by Gasteiger charge is -2.19. The number of aryl methyl sites for hydroxylation is 1. The Bertz CT molecular complexity index is 1400. The molecule has 0 atom stereocenters. The van der Waals surface area contributed by atoms with Crippen LogP contribution in [0.2, 0.25) is 0 Å². The summed E-state index contributed by atoms with van der Waals surface area (Å²) in [5.74, 6) is 0.464. The molecule has 0 bridgehead atoms. The zero-order valence-corrected chi connectivity index (χ0v) is 20.3. The molecule has 0 aliphatic carbocycles. The maximum Gasteiger partial charge on any atom is 0.265 e. The fourth-order valence-corrected chi connectivity index (χ4v) is 3.73. The van der Waals surface area contributed by atoms with Gasteiger partial charge in [-0.1, -0.05) is 25.1 Å². The van der Waals surface area contributed by atoms with E-state index in [0.717, 1.165) is 5.69 Å². The minimum Gasteiger partial charge on any atom is -0.484 e. The number of nitrogens with zero attached hydrogens (tertiary/aromatic N) is 3. The standard InChI is InChI=1S/C27H27N5O4/c1-4-23-27(31(3)25(34)17-36-22-8-6-5-7-9-22)32-16-19(10-15-24(32)30-23)26(35)29-21-13-11-20(12-14-21)28-18(2)33/h5-16H,4,17H2,1-3H3,(H,28,33)(H,29,35). The number of imidazole rings is 1. The van der Waals surface area contributed by atoms with Crippen molar-refractivity contribution in [1.29, 1.82) is 0 Å². The van der Waals surface area contributed by atoms with Gasteiger partial charge >= 0.3 is 0 Å². The largest absolute Gasteiger partial charge is 0.484 e. The van der Waals surface area contributed by atoms with E-state index < -0.39 is 0 Å². The molecule has 0 radical (unpaired) electrons. The molecule has 0 fully saturated rings. The first kappa shape index (κ1) is 24.5. The number of para-hydroxylation sites is 1. The lowest BCUT2D eigenvalue weighted by molar-refractivity contribution is -0.120. The van der Waals surface area contributed by atoms with Crippen molar-refractivity contribution >= 4 is 40.6 Å². The summed E-state index contributed by atoms with van der Waals surface area (Å²) in [7, 11) is 1.67. The van der Waals surface area contributed by atoms with E-state index in [1.165, 1.54) is 11.8 Å². The molecular formula is C27H27N5O4. The Balaban J connectivity index is 1.55. The molecule has 0 saturated heterocycles. The van der Waals surface area contributed by atoms with E-state index in [1.54, 1.807) is 66.2 Å². The minimum atomic E-state index is -0.316. The van der Waals surface area contributed by atoms with Gasteiger partial charge in [-0.2, -0.15) is 0 Å². The molecule has 4 aromatic rings. The quantitative estimate of drug-likeness (QED) is 0.390. The van der Waals surface area contributed by atoms with Crippen molar-refractivity contribution < 1.29 is 19.1 Å². The number of pyridine rings is 1. The molecule has 0 saturated carbocycles. The Morgan fingerprint density at radius 2 is 1.61 bits per heavy atom. The van der Waals surface area contributed by atoms with Gasteiger partial charge in [-0.25, -0.2) is 4.98 Å². The summed E-state index contributed by atoms with van der Waals surface area (Å²) in [6, 6.07) is 19.4. The Labute approximate surface area is 208 Å². The number of anilines is 3. The number of amides is 3. The van der Waals surface area contributed by atoms with Crippen LogP contribution in [-0.4, -0.2) is 40.8 Å². The highest BCUT2D eigenvalue weighted by Crippen LogP contribution is 2.24. The maximum absolute atomic E-state index is 13.0. The number of ether oxygens (including phenoxy) is 1. The third-order valence-electron chi connectivity index (χ3n) is 5.52. The van der Waals surface area contributed by atoms with Crippen LogP contribution in [0, 0.1) is 0 Å². The second kappa shape index (κ2) is 10.7. The van der Waals surface area contributed by atoms with Crippen molar-refractivity contribution in [3.63, 3.8) is 0 Å². The van der Waals surface area contributed by atoms with Gasteiger partial charge in [0.15, 0.2) is 6.61 Å². The highest BCUT2D eigenvalue weighted by Gasteiger charge is 2.21. The number of fused-ring (bicyclic) bond motifs is 1. The van der Waals surface area contributed by atoms with Crippen LogP contribution in [0.5, 0.6) is 5.75 Å². The van der Waals surface area contributed by atoms with Crippen molar-refractivity contribution in [2.24, 2.45) is 0 Å². The molecule has 0 aliphatic rings. The lowest BCUT2D eigenvalue weighted by Crippen LogP contribution is -2.33. The van der Waals surface area contributed by atoms with E-state index in [4.69, 9.17) is 4.74 Å². The number of hydrogen-bond donors (Lipinski definition) is 2. The molecule has 2 aromatic carbocycles. The SMILES string of the molecule is CCc1nc2ccc(C(=O)Nc3ccc(NC(C)=O)cc3)cn2c1N(C)C(=O)COc1ccccc1. The molecular weight excluding hydrogens is 458 g/mol. The Morgan fingerprint density at radius 3 is 2.25 bits per heavy atom. The van der Waals surface area contributed by atoms with Crippen molar-refractivity contribution in [3.8, 4) is 5.75 Å². The first-order valence-corrected chi connectivity index (χ1v) is 11.5. The molecule has 9 heteroatoms. The Hall–Kier alpha value is -4.66. The van der Waals surface area contributed by atoms with E-state index >= 15 is 0 Å². The molecule has 3 amide bonds. The number of aromatic nitrogens is 2. The number of nitrogens with one attached hydrogen (secondary N) is 2. The summed E-state index contributed by atoms with van der Waals surface area (Å²) in [6.07, 6.45) is 2.27. The monoisotopic (exact) mass is 485 g/mol. The number of carbonyl (C=O) groups is 3. The Morgan fingerprint density at radius 1 is 0.944 bits per heavy atom. The van der Waals surface area contributed by atoms with Crippen molar-refractivity contribution in [3.05, 3.63) is 84.2 Å². The van der Waals surface area contributed by atoms with Crippen LogP contribution in [0.15, 0.2) is 72.9 Å². The van der Waals surface area contributed by atoms with Crippen LogP contribution in [0.4, 0.5) is 17.2 Å². The second-order valence-electron chi connectivity index (χ2n) is 8.15. The van der Waals surface area contributed by atoms with Crippen LogP contribution >= 0.6 is 0 Å². The van der Waals surface area contributed by atoms with Crippen molar-refractivity contribution in [2.75, 3.05) is 29.2 Å². The van der Waals surface area contributed by atoms with Gasteiger partial charge in [-0.3, -0.25) is 23.7 Å². The maximum atomic E-state index is 13.0. The summed E-state index contributed by atoms with van der Waals surface area (Å²) >= 11 is 0. The molecule has 0 aliphatic heterocycles. The second-order valence-corrected chi connectivity index (χ2v) is 8.15. The summed E-state index contributed by atoms with van der Waals surface area (Å²) in [5, 5.41) is 5.53. The smallest absolute Gasteiger partial charge is 0.265 e. The molecule has 0 spiro atoms. The normalized spacial score (nSPS) is 10.6. The van der Waals surface area contributed by atoms with E-state index in [1.807, 2.05) is 25.1 Å². The topological polar surface area (TPSA) is 105 Å². The van der Waals surface area contributed by atoms with Gasteiger partial charge in [0.1, 0.15) is 17.2 Å². The van der Waals surface area contributed by atoms with Crippen LogP contribution in [0.1, 0.15) is 29.9 Å². The predicted molar refractivity (Wildman–Crippen MR) is 139 cm³/mol. The summed E-state index contributed by atoms with van der Waals surface area (Å²) < 4.78 is 7.37. The molecule has 9 nitrogen and oxygen atoms in total. The summed E-state index contributed by atoms with van der Waals surface area (Å²) in [4.78, 5) is 43.2. The molecule has 2 heterocycles. The van der Waals surface area contributed by atoms with Crippen LogP contribution in [0.3, 0.4) is 0 Å². The third kappa shape index (κ3) is 5.52. The van der Waals surface area contributed by atoms with Gasteiger partial charge in [0, 0.05) is 31.5 Å². The van der Waals surface area contributed by atoms with Crippen molar-refractivity contribution in [2.45, 2.75) is 20.3 Å². The molecule has 36 heavy (non-hydrogen) atoms. The fraction of sp³-hybridized carbons (Fsp3) is 0.185. The summed E-state index contributed by atoms with van der Waals surface area (Å²) in [6.45, 7) is 3.26. The van der Waals surface area contributed by atoms with E-state index in [0.29, 0.717) is 40.6 Å². The summed E-state index contributed by atoms with van der Waals surface area (Å²) in [5.41, 5.74) is 2.98. The van der Waals surface area contributed by atoms with Gasteiger partial charge in [-0.15, -0.1) is 0 Å². The minimum absolute atomic E-state index is 0.133. The highest BCUT2D eigenvalue weighted by molar-refractivity contribution is 6.04. The number of carbonyl (C=O) groups excluding carboxylic acids is 3. The predicted octanol–water partition coefficient (Wildman–Crippen LogP) is 4.15. The molecule has 2 aromatic heterocycles. The van der Waals surface area contributed by atoms with Gasteiger partial charge < -0.3 is 15.4 Å². The van der Waals surface area contributed by atoms with Crippen LogP contribution < -0.4 is 20.3 Å². The zero-order chi connectivity index (χ0) is 25.7. The van der Waals surface area contributed by atoms with Crippen LogP contribution in [0.25, 0.3) is 5.65 Å². The van der Waals surface area contributed by atoms with E-state index in [2.05, 4.69) is 15.6 Å². The van der Waals surface area contributed by atoms with Gasteiger partial charge in [0.05, 0.1) is 11.3 Å². The first-order chi connectivity index (χ1) is 17.4. The number of rotatable bonds is 8. The number of benzene rings is 2. The van der Waals surface area contributed by atoms with Gasteiger partial charge in [0.25, 0.3) is 11.8 Å². The van der Waals surface area contributed by atoms with Crippen LogP contribution in [-0.2, 0) is 16.0 Å². The zero-order valence-electron chi connectivity index (χ0n) is 20.3. The molecule has 2 N–H and O–H groups in total. The highest BCUT2D eigenvalue weighted by atomic mass is 16.5. The number of likely N-dealkylation sites (N-methyl/N-ethyl adjacent to an activating group) is 1. The van der Waals surface area contributed by atoms with E-state index in [9.17, 15) is 14.4 Å². The van der Waals surface area contributed by atoms with Crippen molar-refractivity contribution in [1.82, 2.24) is 9.38 Å². The van der Waals surface area contributed by atoms with E-state index in [-0.39, 0.29) is 24.3 Å². The fourth-order valence-electron chi connectivity index (χ4n) is 3.73. The lowest BCUT2D eigenvalue weighted by atomic mass is 10.2. The average molecular weight is 486 g/mol. The Kier molecular flexibility index (Phi) is 7.29. The average Bonchev–Trinajstić information content (AvgIpc) is 3.26. The van der Waals surface area contributed by atoms with Gasteiger partial charge in [0.2, 0.25) is 5.91 Å². The number of hydrogen-bond acceptors (Lipinski definition) is 5. The van der Waals surface area contributed by atoms with Gasteiger partial charge in [-0.05, 0) is 55.0 Å². The first-order valence-electron chi connectivity index (χ1n) is 11.5.